The van der Waals surface area contributed by atoms with Gasteiger partial charge in [-0.2, -0.15) is 0 Å². The van der Waals surface area contributed by atoms with E-state index in [1.807, 2.05) is 24.3 Å². The normalized spacial score (nSPS) is 13.2. The second-order valence-corrected chi connectivity index (χ2v) is 9.47. The summed E-state index contributed by atoms with van der Waals surface area (Å²) in [5, 5.41) is 23.1. The van der Waals surface area contributed by atoms with E-state index >= 15 is 0 Å². The van der Waals surface area contributed by atoms with Gasteiger partial charge >= 0.3 is 0 Å². The van der Waals surface area contributed by atoms with Crippen LogP contribution in [0.1, 0.15) is 41.4 Å². The highest BCUT2D eigenvalue weighted by Gasteiger charge is 2.52. The zero-order valence-corrected chi connectivity index (χ0v) is 20.5. The van der Waals surface area contributed by atoms with Crippen LogP contribution in [0.2, 0.25) is 0 Å². The van der Waals surface area contributed by atoms with Gasteiger partial charge in [0.1, 0.15) is 10.7 Å². The zero-order valence-electron chi connectivity index (χ0n) is 19.7. The molecule has 0 bridgehead atoms. The van der Waals surface area contributed by atoms with Gasteiger partial charge in [0, 0.05) is 30.9 Å². The maximum Gasteiger partial charge on any atom is 0.238 e. The van der Waals surface area contributed by atoms with Crippen molar-refractivity contribution in [1.82, 2.24) is 30.4 Å². The molecular weight excluding hydrogens is 488 g/mol. The lowest BCUT2D eigenvalue weighted by Gasteiger charge is -2.12. The summed E-state index contributed by atoms with van der Waals surface area (Å²) in [6, 6.07) is 14.4. The molecule has 184 valence electrons. The molecule has 0 aromatic carbocycles. The molecule has 2 N–H and O–H groups in total. The van der Waals surface area contributed by atoms with Gasteiger partial charge in [-0.15, -0.1) is 20.4 Å². The van der Waals surface area contributed by atoms with E-state index in [0.29, 0.717) is 35.2 Å². The van der Waals surface area contributed by atoms with Gasteiger partial charge in [-0.05, 0) is 55.2 Å². The number of nitrogens with zero attached hydrogens (tertiary/aromatic N) is 6. The molecule has 1 aliphatic rings. The van der Waals surface area contributed by atoms with Crippen LogP contribution < -0.4 is 10.6 Å². The molecule has 4 aromatic heterocycles. The van der Waals surface area contributed by atoms with E-state index in [0.717, 1.165) is 23.5 Å². The van der Waals surface area contributed by atoms with Crippen LogP contribution >= 0.6 is 11.3 Å². The first kappa shape index (κ1) is 24.1. The van der Waals surface area contributed by atoms with E-state index in [1.54, 1.807) is 36.7 Å². The maximum atomic E-state index is 12.8. The van der Waals surface area contributed by atoms with E-state index in [2.05, 4.69) is 52.8 Å². The zero-order chi connectivity index (χ0) is 25.5. The van der Waals surface area contributed by atoms with Crippen molar-refractivity contribution >= 4 is 34.1 Å². The number of anilines is 2. The highest BCUT2D eigenvalue weighted by molar-refractivity contribution is 7.15. The summed E-state index contributed by atoms with van der Waals surface area (Å²) < 4.78 is 0. The molecule has 11 heteroatoms. The molecule has 1 saturated carbocycles. The Morgan fingerprint density at radius 1 is 0.919 bits per heavy atom. The first-order valence-electron chi connectivity index (χ1n) is 11.7. The van der Waals surface area contributed by atoms with Gasteiger partial charge in [0.25, 0.3) is 0 Å². The van der Waals surface area contributed by atoms with Crippen LogP contribution in [0.5, 0.6) is 0 Å². The Morgan fingerprint density at radius 3 is 2.46 bits per heavy atom. The Kier molecular flexibility index (Phi) is 7.19. The number of hydrogen-bond donors (Lipinski definition) is 2. The van der Waals surface area contributed by atoms with E-state index < -0.39 is 5.41 Å². The first-order valence-corrected chi connectivity index (χ1v) is 12.5. The number of amides is 2. The largest absolute Gasteiger partial charge is 0.309 e. The van der Waals surface area contributed by atoms with Crippen LogP contribution in [0.4, 0.5) is 10.9 Å². The fourth-order valence-corrected chi connectivity index (χ4v) is 4.37. The average Bonchev–Trinajstić information content (AvgIpc) is 3.63. The van der Waals surface area contributed by atoms with Crippen LogP contribution in [0, 0.1) is 11.8 Å². The van der Waals surface area contributed by atoms with Gasteiger partial charge in [-0.1, -0.05) is 29.4 Å². The minimum atomic E-state index is -0.558. The topological polar surface area (TPSA) is 136 Å². The molecule has 5 rings (SSSR count). The number of aryl methyl sites for hydroxylation is 1. The van der Waals surface area contributed by atoms with E-state index in [4.69, 9.17) is 0 Å². The summed E-state index contributed by atoms with van der Waals surface area (Å²) in [6.07, 6.45) is 6.20. The monoisotopic (exact) mass is 510 g/mol. The molecule has 0 unspecified atom stereocenters. The molecule has 0 aliphatic heterocycles. The molecule has 0 spiro atoms. The maximum absolute atomic E-state index is 12.8. The highest BCUT2D eigenvalue weighted by Crippen LogP contribution is 2.48. The highest BCUT2D eigenvalue weighted by atomic mass is 32.1. The van der Waals surface area contributed by atoms with E-state index in [1.165, 1.54) is 11.3 Å². The predicted molar refractivity (Wildman–Crippen MR) is 137 cm³/mol. The molecule has 1 fully saturated rings. The Balaban J connectivity index is 1.08. The first-order chi connectivity index (χ1) is 18.1. The summed E-state index contributed by atoms with van der Waals surface area (Å²) in [4.78, 5) is 33.4. The summed E-state index contributed by atoms with van der Waals surface area (Å²) in [5.41, 5.74) is 1.40. The standard InChI is InChI=1S/C26H22N8O2S/c35-22(17-19-8-3-5-15-27-19)29-21-12-11-18(31-32-21)7-1-2-10-23-33-34-25(37-23)30-24(36)26(13-14-26)20-9-4-6-16-28-20/h3-6,8-9,11-12,15-16H,2,10,13-14,17H2,(H,29,32,35)(H,30,34,36). The number of carbonyl (C=O) groups excluding carboxylic acids is 2. The van der Waals surface area contributed by atoms with Crippen molar-refractivity contribution in [2.45, 2.75) is 37.5 Å². The predicted octanol–water partition coefficient (Wildman–Crippen LogP) is 2.95. The summed E-state index contributed by atoms with van der Waals surface area (Å²) in [7, 11) is 0. The number of aromatic nitrogens is 6. The van der Waals surface area contributed by atoms with Crippen molar-refractivity contribution in [3.8, 4) is 11.8 Å². The second kappa shape index (κ2) is 11.0. The molecule has 1 aliphatic carbocycles. The number of hydrogen-bond acceptors (Lipinski definition) is 9. The van der Waals surface area contributed by atoms with Gasteiger partial charge in [0.05, 0.1) is 17.5 Å². The number of nitrogens with one attached hydrogen (secondary N) is 2. The third-order valence-corrected chi connectivity index (χ3v) is 6.61. The summed E-state index contributed by atoms with van der Waals surface area (Å²) in [5.74, 6) is 6.04. The van der Waals surface area contributed by atoms with Crippen molar-refractivity contribution < 1.29 is 9.59 Å². The number of rotatable bonds is 8. The summed E-state index contributed by atoms with van der Waals surface area (Å²) in [6.45, 7) is 0. The Morgan fingerprint density at radius 2 is 1.76 bits per heavy atom. The molecule has 0 radical (unpaired) electrons. The van der Waals surface area contributed by atoms with Gasteiger partial charge < -0.3 is 5.32 Å². The third kappa shape index (κ3) is 6.17. The molecule has 37 heavy (non-hydrogen) atoms. The van der Waals surface area contributed by atoms with Gasteiger partial charge in [-0.25, -0.2) is 0 Å². The lowest BCUT2D eigenvalue weighted by atomic mass is 10.0. The minimum absolute atomic E-state index is 0.0939. The molecule has 4 aromatic rings. The smallest absolute Gasteiger partial charge is 0.238 e. The quantitative estimate of drug-likeness (QED) is 0.346. The SMILES string of the molecule is O=C(Cc1ccccn1)Nc1ccc(C#CCCc2nnc(NC(=O)C3(c4ccccn4)CC3)s2)nn1. The number of pyridine rings is 2. The number of carbonyl (C=O) groups is 2. The van der Waals surface area contributed by atoms with E-state index in [-0.39, 0.29) is 18.2 Å². The second-order valence-electron chi connectivity index (χ2n) is 8.40. The molecular formula is C26H22N8O2S. The average molecular weight is 511 g/mol. The third-order valence-electron chi connectivity index (χ3n) is 5.71. The van der Waals surface area contributed by atoms with Crippen molar-refractivity contribution in [3.05, 3.63) is 83.0 Å². The molecule has 0 atom stereocenters. The Bertz CT molecular complexity index is 1440. The lowest BCUT2D eigenvalue weighted by Crippen LogP contribution is -2.28. The molecule has 4 heterocycles. The van der Waals surface area contributed by atoms with Gasteiger partial charge in [0.15, 0.2) is 5.82 Å². The van der Waals surface area contributed by atoms with Crippen molar-refractivity contribution in [1.29, 1.82) is 0 Å². The van der Waals surface area contributed by atoms with Crippen LogP contribution in [-0.2, 0) is 27.8 Å². The van der Waals surface area contributed by atoms with Crippen LogP contribution in [-0.4, -0.2) is 42.2 Å². The van der Waals surface area contributed by atoms with E-state index in [9.17, 15) is 9.59 Å². The van der Waals surface area contributed by atoms with Crippen LogP contribution in [0.25, 0.3) is 0 Å². The van der Waals surface area contributed by atoms with Crippen LogP contribution in [0.3, 0.4) is 0 Å². The van der Waals surface area contributed by atoms with Gasteiger partial charge in [-0.3, -0.25) is 24.9 Å². The fourth-order valence-electron chi connectivity index (χ4n) is 3.63. The summed E-state index contributed by atoms with van der Waals surface area (Å²) >= 11 is 1.34. The van der Waals surface area contributed by atoms with Crippen molar-refractivity contribution in [3.63, 3.8) is 0 Å². The minimum Gasteiger partial charge on any atom is -0.309 e. The lowest BCUT2D eigenvalue weighted by molar-refractivity contribution is -0.118. The molecule has 0 saturated heterocycles. The van der Waals surface area contributed by atoms with Crippen molar-refractivity contribution in [2.75, 3.05) is 10.6 Å². The van der Waals surface area contributed by atoms with Crippen LogP contribution in [0.15, 0.2) is 60.9 Å². The van der Waals surface area contributed by atoms with Gasteiger partial charge in [0.2, 0.25) is 16.9 Å². The Labute approximate surface area is 217 Å². The molecule has 2 amide bonds. The Hall–Kier alpha value is -4.56. The molecule has 10 nitrogen and oxygen atoms in total. The van der Waals surface area contributed by atoms with Crippen molar-refractivity contribution in [2.24, 2.45) is 0 Å². The fraction of sp³-hybridized carbons (Fsp3) is 0.231.